The van der Waals surface area contributed by atoms with Gasteiger partial charge in [0.1, 0.15) is 0 Å². The maximum atomic E-state index is 5.56. The lowest BCUT2D eigenvalue weighted by atomic mass is 9.84. The lowest BCUT2D eigenvalue weighted by Crippen LogP contribution is -2.44. The molecular weight excluding hydrogens is 186 g/mol. The first kappa shape index (κ1) is 12.1. The monoisotopic (exact) mass is 207 g/mol. The molecule has 15 heavy (non-hydrogen) atoms. The fraction of sp³-hybridized carbons (Fsp3) is 0.583. The first-order valence-corrected chi connectivity index (χ1v) is 5.39. The minimum atomic E-state index is 0.196. The summed E-state index contributed by atoms with van der Waals surface area (Å²) in [6.45, 7) is 6.60. The van der Waals surface area contributed by atoms with Crippen LogP contribution in [0.15, 0.2) is 24.5 Å². The van der Waals surface area contributed by atoms with Crippen LogP contribution in [0.1, 0.15) is 32.8 Å². The minimum absolute atomic E-state index is 0.196. The Labute approximate surface area is 92.1 Å². The number of nitrogens with one attached hydrogen (secondary N) is 1. The number of aromatic nitrogens is 1. The number of nitrogens with zero attached hydrogens (tertiary/aromatic N) is 1. The molecule has 0 aliphatic heterocycles. The molecule has 0 bridgehead atoms. The van der Waals surface area contributed by atoms with Gasteiger partial charge in [0.05, 0.1) is 0 Å². The van der Waals surface area contributed by atoms with Gasteiger partial charge in [-0.3, -0.25) is 16.3 Å². The van der Waals surface area contributed by atoms with E-state index in [1.54, 1.807) is 0 Å². The Morgan fingerprint density at radius 2 is 1.93 bits per heavy atom. The molecule has 3 nitrogen and oxygen atoms in total. The summed E-state index contributed by atoms with van der Waals surface area (Å²) in [5, 5.41) is 0. The smallest absolute Gasteiger partial charge is 0.0270 e. The van der Waals surface area contributed by atoms with Gasteiger partial charge in [0.25, 0.3) is 0 Å². The van der Waals surface area contributed by atoms with Crippen molar-refractivity contribution in [2.45, 2.75) is 39.7 Å². The quantitative estimate of drug-likeness (QED) is 0.585. The number of pyridine rings is 1. The second kappa shape index (κ2) is 5.24. The molecule has 1 heterocycles. The van der Waals surface area contributed by atoms with Crippen LogP contribution in [-0.4, -0.2) is 11.0 Å². The summed E-state index contributed by atoms with van der Waals surface area (Å²) in [5.41, 5.74) is 4.41. The Morgan fingerprint density at radius 3 is 2.40 bits per heavy atom. The van der Waals surface area contributed by atoms with E-state index in [1.807, 2.05) is 12.4 Å². The lowest BCUT2D eigenvalue weighted by molar-refractivity contribution is 0.257. The normalized spacial score (nSPS) is 13.9. The Kier molecular flexibility index (Phi) is 4.24. The van der Waals surface area contributed by atoms with Crippen LogP contribution in [0.25, 0.3) is 0 Å². The van der Waals surface area contributed by atoms with Crippen LogP contribution in [0.3, 0.4) is 0 Å². The lowest BCUT2D eigenvalue weighted by Gasteiger charge is -2.30. The van der Waals surface area contributed by atoms with Crippen LogP contribution in [0.5, 0.6) is 0 Å². The van der Waals surface area contributed by atoms with E-state index >= 15 is 0 Å². The predicted octanol–water partition coefficient (Wildman–Crippen LogP) is 1.89. The fourth-order valence-electron chi connectivity index (χ4n) is 1.63. The molecule has 0 amide bonds. The SMILES string of the molecule is CC(C)(C)C(CCc1ccncc1)NN. The molecule has 0 spiro atoms. The molecule has 0 aliphatic rings. The van der Waals surface area contributed by atoms with Crippen LogP contribution >= 0.6 is 0 Å². The van der Waals surface area contributed by atoms with E-state index in [-0.39, 0.29) is 5.41 Å². The number of hydrogen-bond acceptors (Lipinski definition) is 3. The average molecular weight is 207 g/mol. The summed E-state index contributed by atoms with van der Waals surface area (Å²) in [5.74, 6) is 5.56. The second-order valence-corrected chi connectivity index (χ2v) is 4.98. The Bertz CT molecular complexity index is 277. The van der Waals surface area contributed by atoms with Crippen molar-refractivity contribution in [3.05, 3.63) is 30.1 Å². The fourth-order valence-corrected chi connectivity index (χ4v) is 1.63. The molecule has 84 valence electrons. The molecule has 0 saturated heterocycles. The first-order valence-electron chi connectivity index (χ1n) is 5.39. The predicted molar refractivity (Wildman–Crippen MR) is 63.1 cm³/mol. The third-order valence-electron chi connectivity index (χ3n) is 2.72. The van der Waals surface area contributed by atoms with Gasteiger partial charge in [-0.25, -0.2) is 0 Å². The molecule has 0 radical (unpaired) electrons. The molecule has 0 saturated carbocycles. The summed E-state index contributed by atoms with van der Waals surface area (Å²) in [6.07, 6.45) is 5.74. The molecular formula is C12H21N3. The van der Waals surface area contributed by atoms with Crippen molar-refractivity contribution in [3.8, 4) is 0 Å². The summed E-state index contributed by atoms with van der Waals surface area (Å²) < 4.78 is 0. The van der Waals surface area contributed by atoms with Crippen molar-refractivity contribution in [3.63, 3.8) is 0 Å². The van der Waals surface area contributed by atoms with E-state index in [0.717, 1.165) is 12.8 Å². The maximum Gasteiger partial charge on any atom is 0.0270 e. The van der Waals surface area contributed by atoms with E-state index in [9.17, 15) is 0 Å². The Morgan fingerprint density at radius 1 is 1.33 bits per heavy atom. The van der Waals surface area contributed by atoms with Crippen molar-refractivity contribution < 1.29 is 0 Å². The van der Waals surface area contributed by atoms with Crippen molar-refractivity contribution in [1.29, 1.82) is 0 Å². The zero-order valence-electron chi connectivity index (χ0n) is 9.83. The van der Waals surface area contributed by atoms with Gasteiger partial charge in [-0.1, -0.05) is 20.8 Å². The van der Waals surface area contributed by atoms with E-state index in [1.165, 1.54) is 5.56 Å². The van der Waals surface area contributed by atoms with E-state index in [2.05, 4.69) is 43.3 Å². The van der Waals surface area contributed by atoms with Gasteiger partial charge in [-0.2, -0.15) is 0 Å². The Balaban J connectivity index is 2.49. The maximum absolute atomic E-state index is 5.56. The zero-order valence-corrected chi connectivity index (χ0v) is 9.83. The van der Waals surface area contributed by atoms with Crippen molar-refractivity contribution in [2.24, 2.45) is 11.3 Å². The molecule has 1 aromatic heterocycles. The third kappa shape index (κ3) is 3.98. The second-order valence-electron chi connectivity index (χ2n) is 4.98. The van der Waals surface area contributed by atoms with Gasteiger partial charge in [-0.05, 0) is 36.0 Å². The van der Waals surface area contributed by atoms with E-state index in [4.69, 9.17) is 5.84 Å². The highest BCUT2D eigenvalue weighted by molar-refractivity contribution is 5.10. The standard InChI is InChI=1S/C12H21N3/c1-12(2,3)11(15-13)5-4-10-6-8-14-9-7-10/h6-9,11,15H,4-5,13H2,1-3H3. The average Bonchev–Trinajstić information content (AvgIpc) is 2.18. The van der Waals surface area contributed by atoms with Crippen LogP contribution in [-0.2, 0) is 6.42 Å². The van der Waals surface area contributed by atoms with Crippen LogP contribution < -0.4 is 11.3 Å². The van der Waals surface area contributed by atoms with Gasteiger partial charge >= 0.3 is 0 Å². The van der Waals surface area contributed by atoms with Crippen LogP contribution in [0.2, 0.25) is 0 Å². The van der Waals surface area contributed by atoms with Crippen molar-refractivity contribution in [1.82, 2.24) is 10.4 Å². The molecule has 1 aromatic rings. The summed E-state index contributed by atoms with van der Waals surface area (Å²) in [6, 6.07) is 4.44. The van der Waals surface area contributed by atoms with Crippen molar-refractivity contribution >= 4 is 0 Å². The van der Waals surface area contributed by atoms with Crippen LogP contribution in [0, 0.1) is 5.41 Å². The molecule has 3 heteroatoms. The summed E-state index contributed by atoms with van der Waals surface area (Å²) >= 11 is 0. The minimum Gasteiger partial charge on any atom is -0.271 e. The number of hydrogen-bond donors (Lipinski definition) is 2. The molecule has 0 aromatic carbocycles. The summed E-state index contributed by atoms with van der Waals surface area (Å²) in [7, 11) is 0. The highest BCUT2D eigenvalue weighted by Gasteiger charge is 2.22. The van der Waals surface area contributed by atoms with Gasteiger partial charge in [0.15, 0.2) is 0 Å². The molecule has 3 N–H and O–H groups in total. The van der Waals surface area contributed by atoms with E-state index in [0.29, 0.717) is 6.04 Å². The molecule has 1 unspecified atom stereocenters. The van der Waals surface area contributed by atoms with Gasteiger partial charge in [0.2, 0.25) is 0 Å². The highest BCUT2D eigenvalue weighted by atomic mass is 15.2. The topological polar surface area (TPSA) is 50.9 Å². The van der Waals surface area contributed by atoms with Gasteiger partial charge in [0, 0.05) is 18.4 Å². The number of aryl methyl sites for hydroxylation is 1. The number of rotatable bonds is 4. The molecule has 1 atom stereocenters. The van der Waals surface area contributed by atoms with Gasteiger partial charge in [-0.15, -0.1) is 0 Å². The number of nitrogens with two attached hydrogens (primary N) is 1. The molecule has 1 rings (SSSR count). The van der Waals surface area contributed by atoms with Crippen molar-refractivity contribution in [2.75, 3.05) is 0 Å². The first-order chi connectivity index (χ1) is 7.04. The Hall–Kier alpha value is -0.930. The molecule has 0 aliphatic carbocycles. The third-order valence-corrected chi connectivity index (χ3v) is 2.72. The number of hydrazine groups is 1. The van der Waals surface area contributed by atoms with Gasteiger partial charge < -0.3 is 0 Å². The molecule has 0 fully saturated rings. The summed E-state index contributed by atoms with van der Waals surface area (Å²) in [4.78, 5) is 4.00. The largest absolute Gasteiger partial charge is 0.271 e. The zero-order chi connectivity index (χ0) is 11.3. The van der Waals surface area contributed by atoms with E-state index < -0.39 is 0 Å². The highest BCUT2D eigenvalue weighted by Crippen LogP contribution is 2.22. The van der Waals surface area contributed by atoms with Crippen LogP contribution in [0.4, 0.5) is 0 Å².